The summed E-state index contributed by atoms with van der Waals surface area (Å²) in [5.74, 6) is 1.55. The molecule has 0 saturated carbocycles. The van der Waals surface area contributed by atoms with Crippen molar-refractivity contribution in [3.05, 3.63) is 40.7 Å². The van der Waals surface area contributed by atoms with E-state index in [2.05, 4.69) is 25.7 Å². The van der Waals surface area contributed by atoms with E-state index in [1.54, 1.807) is 7.11 Å². The van der Waals surface area contributed by atoms with Gasteiger partial charge in [0, 0.05) is 13.5 Å². The number of ether oxygens (including phenoxy) is 1. The second kappa shape index (κ2) is 9.16. The standard InChI is InChI=1S/C18H22N6O2S2/c1-5-14(16(25)19-17-22-20-11(2)27-17)28-18-23-21-15(24(18)3)10-12-6-8-13(26-4)9-7-12/h6-9,14H,5,10H2,1-4H3,(H,19,22,25)/t14-/m1/s1. The predicted octanol–water partition coefficient (Wildman–Crippen LogP) is 3.08. The lowest BCUT2D eigenvalue weighted by atomic mass is 10.1. The number of anilines is 1. The van der Waals surface area contributed by atoms with Crippen LogP contribution in [0.3, 0.4) is 0 Å². The van der Waals surface area contributed by atoms with Gasteiger partial charge < -0.3 is 9.30 Å². The molecule has 3 aromatic rings. The summed E-state index contributed by atoms with van der Waals surface area (Å²) in [6.07, 6.45) is 1.32. The number of hydrogen-bond acceptors (Lipinski definition) is 8. The Morgan fingerprint density at radius 2 is 2.00 bits per heavy atom. The molecule has 8 nitrogen and oxygen atoms in total. The fourth-order valence-electron chi connectivity index (χ4n) is 2.51. The van der Waals surface area contributed by atoms with Gasteiger partial charge in [-0.2, -0.15) is 0 Å². The molecule has 3 rings (SSSR count). The first-order valence-corrected chi connectivity index (χ1v) is 10.5. The maximum Gasteiger partial charge on any atom is 0.239 e. The molecule has 2 heterocycles. The number of thioether (sulfide) groups is 1. The molecule has 148 valence electrons. The Morgan fingerprint density at radius 3 is 2.61 bits per heavy atom. The largest absolute Gasteiger partial charge is 0.497 e. The number of nitrogens with one attached hydrogen (secondary N) is 1. The molecule has 1 N–H and O–H groups in total. The molecule has 0 unspecified atom stereocenters. The normalized spacial score (nSPS) is 12.0. The fraction of sp³-hybridized carbons (Fsp3) is 0.389. The highest BCUT2D eigenvalue weighted by Gasteiger charge is 2.22. The van der Waals surface area contributed by atoms with Gasteiger partial charge in [0.25, 0.3) is 0 Å². The van der Waals surface area contributed by atoms with Gasteiger partial charge in [-0.15, -0.1) is 20.4 Å². The molecular formula is C18H22N6O2S2. The summed E-state index contributed by atoms with van der Waals surface area (Å²) < 4.78 is 7.12. The van der Waals surface area contributed by atoms with Crippen molar-refractivity contribution in [1.29, 1.82) is 0 Å². The Hall–Kier alpha value is -2.46. The highest BCUT2D eigenvalue weighted by molar-refractivity contribution is 8.00. The average Bonchev–Trinajstić information content (AvgIpc) is 3.26. The Bertz CT molecular complexity index is 938. The van der Waals surface area contributed by atoms with Crippen LogP contribution in [-0.2, 0) is 18.3 Å². The third-order valence-electron chi connectivity index (χ3n) is 4.11. The number of amides is 1. The van der Waals surface area contributed by atoms with Crippen molar-refractivity contribution in [2.45, 2.75) is 37.1 Å². The van der Waals surface area contributed by atoms with Crippen molar-refractivity contribution in [2.75, 3.05) is 12.4 Å². The van der Waals surface area contributed by atoms with Crippen LogP contribution in [0.5, 0.6) is 5.75 Å². The maximum absolute atomic E-state index is 12.6. The third kappa shape index (κ3) is 4.87. The summed E-state index contributed by atoms with van der Waals surface area (Å²) in [6.45, 7) is 3.82. The molecule has 1 atom stereocenters. The van der Waals surface area contributed by atoms with Crippen LogP contribution in [0.4, 0.5) is 5.13 Å². The molecule has 2 aromatic heterocycles. The fourth-order valence-corrected chi connectivity index (χ4v) is 4.04. The Kier molecular flexibility index (Phi) is 6.63. The maximum atomic E-state index is 12.6. The van der Waals surface area contributed by atoms with E-state index in [1.165, 1.54) is 23.1 Å². The lowest BCUT2D eigenvalue weighted by molar-refractivity contribution is -0.115. The molecule has 0 bridgehead atoms. The molecule has 0 saturated heterocycles. The molecule has 1 aromatic carbocycles. The minimum Gasteiger partial charge on any atom is -0.497 e. The first-order chi connectivity index (χ1) is 13.5. The number of carbonyl (C=O) groups is 1. The van der Waals surface area contributed by atoms with E-state index in [1.807, 2.05) is 49.7 Å². The van der Waals surface area contributed by atoms with Gasteiger partial charge in [-0.25, -0.2) is 0 Å². The van der Waals surface area contributed by atoms with Gasteiger partial charge in [-0.1, -0.05) is 42.2 Å². The number of aromatic nitrogens is 5. The molecule has 0 aliphatic carbocycles. The average molecular weight is 419 g/mol. The molecule has 28 heavy (non-hydrogen) atoms. The van der Waals surface area contributed by atoms with Gasteiger partial charge in [0.1, 0.15) is 16.6 Å². The van der Waals surface area contributed by atoms with Crippen LogP contribution in [0.25, 0.3) is 0 Å². The van der Waals surface area contributed by atoms with Gasteiger partial charge in [-0.05, 0) is 31.0 Å². The zero-order chi connectivity index (χ0) is 20.1. The summed E-state index contributed by atoms with van der Waals surface area (Å²) in [6, 6.07) is 7.86. The van der Waals surface area contributed by atoms with E-state index in [0.717, 1.165) is 22.1 Å². The first kappa shape index (κ1) is 20.3. The Balaban J connectivity index is 1.66. The second-order valence-electron chi connectivity index (χ2n) is 6.11. The number of methoxy groups -OCH3 is 1. The van der Waals surface area contributed by atoms with Crippen molar-refractivity contribution in [1.82, 2.24) is 25.0 Å². The number of nitrogens with zero attached hydrogens (tertiary/aromatic N) is 5. The monoisotopic (exact) mass is 418 g/mol. The predicted molar refractivity (Wildman–Crippen MR) is 110 cm³/mol. The summed E-state index contributed by atoms with van der Waals surface area (Å²) in [4.78, 5) is 12.6. The topological polar surface area (TPSA) is 94.8 Å². The van der Waals surface area contributed by atoms with E-state index in [0.29, 0.717) is 23.1 Å². The third-order valence-corrected chi connectivity index (χ3v) is 6.27. The SMILES string of the molecule is CC[C@@H](Sc1nnc(Cc2ccc(OC)cc2)n1C)C(=O)Nc1nnc(C)s1. The van der Waals surface area contributed by atoms with Crippen LogP contribution in [0.1, 0.15) is 29.7 Å². The van der Waals surface area contributed by atoms with Crippen LogP contribution < -0.4 is 10.1 Å². The molecule has 0 spiro atoms. The minimum atomic E-state index is -0.291. The van der Waals surface area contributed by atoms with Crippen molar-refractivity contribution in [3.63, 3.8) is 0 Å². The lowest BCUT2D eigenvalue weighted by Gasteiger charge is -2.12. The van der Waals surface area contributed by atoms with Crippen molar-refractivity contribution < 1.29 is 9.53 Å². The van der Waals surface area contributed by atoms with Gasteiger partial charge in [0.05, 0.1) is 12.4 Å². The van der Waals surface area contributed by atoms with Crippen molar-refractivity contribution in [3.8, 4) is 5.75 Å². The van der Waals surface area contributed by atoms with Gasteiger partial charge in [0.15, 0.2) is 5.16 Å². The van der Waals surface area contributed by atoms with Gasteiger partial charge in [0.2, 0.25) is 11.0 Å². The van der Waals surface area contributed by atoms with Crippen LogP contribution >= 0.6 is 23.1 Å². The highest BCUT2D eigenvalue weighted by Crippen LogP contribution is 2.26. The number of carbonyl (C=O) groups excluding carboxylic acids is 1. The zero-order valence-corrected chi connectivity index (χ0v) is 17.8. The molecule has 0 aliphatic heterocycles. The number of benzene rings is 1. The molecular weight excluding hydrogens is 396 g/mol. The smallest absolute Gasteiger partial charge is 0.239 e. The summed E-state index contributed by atoms with van der Waals surface area (Å²) >= 11 is 2.76. The Morgan fingerprint density at radius 1 is 1.25 bits per heavy atom. The van der Waals surface area contributed by atoms with E-state index in [9.17, 15) is 4.79 Å². The minimum absolute atomic E-state index is 0.108. The quantitative estimate of drug-likeness (QED) is 0.562. The van der Waals surface area contributed by atoms with Crippen LogP contribution in [-0.4, -0.2) is 43.2 Å². The second-order valence-corrected chi connectivity index (χ2v) is 8.46. The number of rotatable bonds is 8. The van der Waals surface area contributed by atoms with Gasteiger partial charge in [-0.3, -0.25) is 10.1 Å². The van der Waals surface area contributed by atoms with Crippen LogP contribution in [0.2, 0.25) is 0 Å². The summed E-state index contributed by atoms with van der Waals surface area (Å²) in [5, 5.41) is 21.0. The van der Waals surface area contributed by atoms with E-state index in [4.69, 9.17) is 4.74 Å². The molecule has 0 radical (unpaired) electrons. The first-order valence-electron chi connectivity index (χ1n) is 8.79. The summed E-state index contributed by atoms with van der Waals surface area (Å²) in [7, 11) is 3.56. The van der Waals surface area contributed by atoms with E-state index < -0.39 is 0 Å². The van der Waals surface area contributed by atoms with Gasteiger partial charge >= 0.3 is 0 Å². The van der Waals surface area contributed by atoms with Crippen molar-refractivity contribution >= 4 is 34.1 Å². The molecule has 0 fully saturated rings. The zero-order valence-electron chi connectivity index (χ0n) is 16.2. The van der Waals surface area contributed by atoms with Crippen LogP contribution in [0, 0.1) is 6.92 Å². The molecule has 10 heteroatoms. The van der Waals surface area contributed by atoms with E-state index >= 15 is 0 Å². The number of hydrogen-bond donors (Lipinski definition) is 1. The van der Waals surface area contributed by atoms with Crippen LogP contribution in [0.15, 0.2) is 29.4 Å². The Labute approximate surface area is 171 Å². The molecule has 0 aliphatic rings. The highest BCUT2D eigenvalue weighted by atomic mass is 32.2. The lowest BCUT2D eigenvalue weighted by Crippen LogP contribution is -2.25. The summed E-state index contributed by atoms with van der Waals surface area (Å²) in [5.41, 5.74) is 1.12. The molecule has 1 amide bonds. The van der Waals surface area contributed by atoms with E-state index in [-0.39, 0.29) is 11.2 Å². The van der Waals surface area contributed by atoms with Crippen molar-refractivity contribution in [2.24, 2.45) is 7.05 Å². The number of aryl methyl sites for hydroxylation is 1.